The van der Waals surface area contributed by atoms with Crippen molar-refractivity contribution in [3.63, 3.8) is 0 Å². The van der Waals surface area contributed by atoms with Gasteiger partial charge in [-0.2, -0.15) is 26.3 Å². The number of hydrogen-bond acceptors (Lipinski definition) is 5. The molecule has 2 aromatic carbocycles. The lowest BCUT2D eigenvalue weighted by molar-refractivity contribution is -0.150. The van der Waals surface area contributed by atoms with Crippen LogP contribution in [-0.4, -0.2) is 50.2 Å². The third-order valence-electron chi connectivity index (χ3n) is 6.10. The largest absolute Gasteiger partial charge is 0.487 e. The average Bonchev–Trinajstić information content (AvgIpc) is 2.86. The number of piperidine rings is 1. The Morgan fingerprint density at radius 3 is 2.30 bits per heavy atom. The molecule has 1 aromatic heterocycles. The fourth-order valence-electron chi connectivity index (χ4n) is 4.37. The molecule has 1 aliphatic rings. The number of aromatic nitrogens is 1. The summed E-state index contributed by atoms with van der Waals surface area (Å²) in [6.45, 7) is -1.29. The van der Waals surface area contributed by atoms with Gasteiger partial charge in [-0.15, -0.1) is 0 Å². The standard InChI is InChI=1S/C25H21F8N3O3S/c26-17-12-21(40(37,38)35-23-8-4-7-22(34-23)25(31,32)33)18(27)11-20(17)39-19-9-10-36(14-24(28,29)30)13-16(19)15-5-2-1-3-6-15/h1-8,11-12,16,19H,9-10,13-14H2,(H,34,35)/t16-,19+/m1/s1. The van der Waals surface area contributed by atoms with Gasteiger partial charge in [-0.05, 0) is 24.1 Å². The van der Waals surface area contributed by atoms with E-state index in [1.54, 1.807) is 35.1 Å². The van der Waals surface area contributed by atoms with Gasteiger partial charge in [0.2, 0.25) is 0 Å². The van der Waals surface area contributed by atoms with Crippen LogP contribution < -0.4 is 9.46 Å². The van der Waals surface area contributed by atoms with Gasteiger partial charge in [-0.3, -0.25) is 9.62 Å². The maximum Gasteiger partial charge on any atom is 0.433 e. The Hall–Kier alpha value is -3.46. The number of ether oxygens (including phenoxy) is 1. The van der Waals surface area contributed by atoms with Crippen molar-refractivity contribution < 1.29 is 48.3 Å². The summed E-state index contributed by atoms with van der Waals surface area (Å²) in [6.07, 6.45) is -10.2. The van der Waals surface area contributed by atoms with Crippen LogP contribution >= 0.6 is 0 Å². The number of nitrogens with one attached hydrogen (secondary N) is 1. The summed E-state index contributed by atoms with van der Waals surface area (Å²) in [5.74, 6) is -4.88. The van der Waals surface area contributed by atoms with Crippen LogP contribution in [0.3, 0.4) is 0 Å². The van der Waals surface area contributed by atoms with E-state index in [-0.39, 0.29) is 19.5 Å². The number of benzene rings is 2. The third-order valence-corrected chi connectivity index (χ3v) is 7.47. The van der Waals surface area contributed by atoms with Gasteiger partial charge in [0.05, 0.1) is 6.54 Å². The number of rotatable bonds is 7. The monoisotopic (exact) mass is 595 g/mol. The summed E-state index contributed by atoms with van der Waals surface area (Å²) < 4.78 is 140. The molecule has 40 heavy (non-hydrogen) atoms. The minimum absolute atomic E-state index is 0.0273. The third kappa shape index (κ3) is 7.18. The average molecular weight is 596 g/mol. The molecular weight excluding hydrogens is 574 g/mol. The van der Waals surface area contributed by atoms with E-state index in [1.165, 1.54) is 4.90 Å². The molecule has 1 aliphatic heterocycles. The highest BCUT2D eigenvalue weighted by Gasteiger charge is 2.38. The van der Waals surface area contributed by atoms with E-state index >= 15 is 0 Å². The van der Waals surface area contributed by atoms with Crippen molar-refractivity contribution in [1.29, 1.82) is 0 Å². The van der Waals surface area contributed by atoms with Gasteiger partial charge in [0, 0.05) is 31.1 Å². The molecule has 0 aliphatic carbocycles. The number of alkyl halides is 6. The minimum atomic E-state index is -4.92. The molecule has 0 spiro atoms. The number of likely N-dealkylation sites (tertiary alicyclic amines) is 1. The highest BCUT2D eigenvalue weighted by atomic mass is 32.2. The molecule has 0 unspecified atom stereocenters. The first-order valence-corrected chi connectivity index (χ1v) is 13.2. The van der Waals surface area contributed by atoms with Crippen LogP contribution in [0.15, 0.2) is 65.6 Å². The summed E-state index contributed by atoms with van der Waals surface area (Å²) in [7, 11) is -4.92. The van der Waals surface area contributed by atoms with E-state index in [9.17, 15) is 43.5 Å². The molecule has 0 amide bonds. The Labute approximate surface area is 223 Å². The Balaban J connectivity index is 1.57. The molecule has 0 radical (unpaired) electrons. The molecule has 0 bridgehead atoms. The molecule has 3 aromatic rings. The highest BCUT2D eigenvalue weighted by Crippen LogP contribution is 2.35. The van der Waals surface area contributed by atoms with E-state index < -0.39 is 74.7 Å². The van der Waals surface area contributed by atoms with Gasteiger partial charge in [-0.1, -0.05) is 36.4 Å². The number of anilines is 1. The summed E-state index contributed by atoms with van der Waals surface area (Å²) in [4.78, 5) is 3.10. The SMILES string of the molecule is O=S(=O)(Nc1cccc(C(F)(F)F)n1)c1cc(F)c(O[C@H]2CCN(CC(F)(F)F)C[C@@H]2c2ccccc2)cc1F. The Kier molecular flexibility index (Phi) is 8.26. The topological polar surface area (TPSA) is 71.5 Å². The van der Waals surface area contributed by atoms with Crippen molar-refractivity contribution in [2.24, 2.45) is 0 Å². The lowest BCUT2D eigenvalue weighted by Crippen LogP contribution is -2.47. The van der Waals surface area contributed by atoms with Crippen molar-refractivity contribution in [2.75, 3.05) is 24.4 Å². The van der Waals surface area contributed by atoms with Crippen LogP contribution in [0.4, 0.5) is 40.9 Å². The summed E-state index contributed by atoms with van der Waals surface area (Å²) >= 11 is 0. The molecule has 4 rings (SSSR count). The Bertz CT molecular complexity index is 1450. The highest BCUT2D eigenvalue weighted by molar-refractivity contribution is 7.92. The number of halogens is 8. The molecule has 15 heteroatoms. The molecule has 6 nitrogen and oxygen atoms in total. The van der Waals surface area contributed by atoms with Gasteiger partial charge in [0.15, 0.2) is 11.6 Å². The molecule has 0 saturated carbocycles. The predicted molar refractivity (Wildman–Crippen MR) is 127 cm³/mol. The molecular formula is C25H21F8N3O3S. The molecule has 216 valence electrons. The smallest absolute Gasteiger partial charge is 0.433 e. The number of nitrogens with zero attached hydrogens (tertiary/aromatic N) is 2. The maximum atomic E-state index is 15.0. The van der Waals surface area contributed by atoms with E-state index in [4.69, 9.17) is 4.74 Å². The van der Waals surface area contributed by atoms with E-state index in [1.807, 2.05) is 0 Å². The summed E-state index contributed by atoms with van der Waals surface area (Å²) in [5.41, 5.74) is -0.797. The molecule has 1 saturated heterocycles. The first kappa shape index (κ1) is 29.5. The zero-order valence-electron chi connectivity index (χ0n) is 20.3. The zero-order valence-corrected chi connectivity index (χ0v) is 21.1. The van der Waals surface area contributed by atoms with Crippen molar-refractivity contribution in [1.82, 2.24) is 9.88 Å². The molecule has 1 N–H and O–H groups in total. The quantitative estimate of drug-likeness (QED) is 0.341. The van der Waals surface area contributed by atoms with E-state index in [0.717, 1.165) is 12.1 Å². The lowest BCUT2D eigenvalue weighted by atomic mass is 9.87. The predicted octanol–water partition coefficient (Wildman–Crippen LogP) is 5.98. The fraction of sp³-hybridized carbons (Fsp3) is 0.320. The van der Waals surface area contributed by atoms with Gasteiger partial charge >= 0.3 is 12.4 Å². The van der Waals surface area contributed by atoms with Crippen LogP contribution in [-0.2, 0) is 16.2 Å². The van der Waals surface area contributed by atoms with E-state index in [0.29, 0.717) is 23.8 Å². The van der Waals surface area contributed by atoms with Crippen LogP contribution in [0.2, 0.25) is 0 Å². The van der Waals surface area contributed by atoms with Gasteiger partial charge in [-0.25, -0.2) is 22.2 Å². The van der Waals surface area contributed by atoms with Crippen molar-refractivity contribution in [2.45, 2.75) is 35.7 Å². The molecule has 2 heterocycles. The summed E-state index contributed by atoms with van der Waals surface area (Å²) in [5, 5.41) is 0. The lowest BCUT2D eigenvalue weighted by Gasteiger charge is -2.39. The molecule has 2 atom stereocenters. The number of pyridine rings is 1. The van der Waals surface area contributed by atoms with Crippen molar-refractivity contribution in [3.05, 3.63) is 83.6 Å². The second-order valence-electron chi connectivity index (χ2n) is 9.04. The maximum absolute atomic E-state index is 15.0. The molecule has 1 fully saturated rings. The van der Waals surface area contributed by atoms with Crippen molar-refractivity contribution >= 4 is 15.8 Å². The van der Waals surface area contributed by atoms with Gasteiger partial charge in [0.25, 0.3) is 10.0 Å². The Morgan fingerprint density at radius 2 is 1.65 bits per heavy atom. The Morgan fingerprint density at radius 1 is 0.950 bits per heavy atom. The zero-order chi connectivity index (χ0) is 29.3. The second kappa shape index (κ2) is 11.2. The number of sulfonamides is 1. The van der Waals surface area contributed by atoms with Crippen LogP contribution in [0.5, 0.6) is 5.75 Å². The summed E-state index contributed by atoms with van der Waals surface area (Å²) in [6, 6.07) is 11.5. The van der Waals surface area contributed by atoms with Crippen LogP contribution in [0.25, 0.3) is 0 Å². The minimum Gasteiger partial charge on any atom is -0.487 e. The second-order valence-corrected chi connectivity index (χ2v) is 10.7. The van der Waals surface area contributed by atoms with Gasteiger partial charge in [0.1, 0.15) is 28.3 Å². The number of hydrogen-bond donors (Lipinski definition) is 1. The first-order chi connectivity index (χ1) is 18.6. The van der Waals surface area contributed by atoms with Crippen molar-refractivity contribution in [3.8, 4) is 5.75 Å². The normalized spacial score (nSPS) is 18.9. The van der Waals surface area contributed by atoms with Gasteiger partial charge < -0.3 is 4.74 Å². The first-order valence-electron chi connectivity index (χ1n) is 11.7. The van der Waals surface area contributed by atoms with E-state index in [2.05, 4.69) is 4.98 Å². The van der Waals surface area contributed by atoms with Crippen LogP contribution in [0, 0.1) is 11.6 Å². The fourth-order valence-corrected chi connectivity index (χ4v) is 5.44. The van der Waals surface area contributed by atoms with Crippen LogP contribution in [0.1, 0.15) is 23.6 Å².